The van der Waals surface area contributed by atoms with Crippen LogP contribution in [0.1, 0.15) is 36.5 Å². The maximum Gasteiger partial charge on any atom is 0.321 e. The Hall–Kier alpha value is -1.40. The minimum Gasteiger partial charge on any atom is -0.480 e. The lowest BCUT2D eigenvalue weighted by molar-refractivity contribution is -0.139. The molecule has 0 aliphatic rings. The first-order chi connectivity index (χ1) is 9.19. The minimum atomic E-state index is -3.84. The van der Waals surface area contributed by atoms with Crippen LogP contribution in [-0.2, 0) is 14.8 Å². The van der Waals surface area contributed by atoms with E-state index in [1.54, 1.807) is 26.0 Å². The summed E-state index contributed by atoms with van der Waals surface area (Å²) in [6.45, 7) is 7.13. The van der Waals surface area contributed by atoms with Crippen LogP contribution in [-0.4, -0.2) is 25.5 Å². The summed E-state index contributed by atoms with van der Waals surface area (Å²) in [7, 11) is -3.84. The lowest BCUT2D eigenvalue weighted by Gasteiger charge is -2.17. The van der Waals surface area contributed by atoms with Gasteiger partial charge in [0, 0.05) is 0 Å². The molecule has 6 heteroatoms. The molecule has 1 aromatic carbocycles. The quantitative estimate of drug-likeness (QED) is 0.843. The molecule has 0 fully saturated rings. The zero-order valence-corrected chi connectivity index (χ0v) is 13.0. The van der Waals surface area contributed by atoms with Gasteiger partial charge in [-0.3, -0.25) is 4.79 Å². The summed E-state index contributed by atoms with van der Waals surface area (Å²) in [6.07, 6.45) is 0.851. The summed E-state index contributed by atoms with van der Waals surface area (Å²) < 4.78 is 27.1. The number of carboxylic acid groups (broad SMARTS) is 1. The number of aliphatic carboxylic acids is 1. The molecule has 1 aromatic rings. The van der Waals surface area contributed by atoms with Crippen LogP contribution in [0.2, 0.25) is 0 Å². The molecule has 0 spiro atoms. The van der Waals surface area contributed by atoms with E-state index < -0.39 is 22.0 Å². The largest absolute Gasteiger partial charge is 0.480 e. The standard InChI is InChI=1S/C14H21NO4S/c1-5-6-12(14(16)17)15-20(18,19)13-10(3)7-9(2)8-11(13)4/h7-8,12,15H,5-6H2,1-4H3,(H,16,17)/t12-/m0/s1. The van der Waals surface area contributed by atoms with Crippen LogP contribution in [0.3, 0.4) is 0 Å². The van der Waals surface area contributed by atoms with Crippen molar-refractivity contribution in [2.24, 2.45) is 0 Å². The summed E-state index contributed by atoms with van der Waals surface area (Å²) in [5, 5.41) is 9.07. The maximum absolute atomic E-state index is 12.4. The number of aryl methyl sites for hydroxylation is 3. The number of benzene rings is 1. The highest BCUT2D eigenvalue weighted by Crippen LogP contribution is 2.22. The molecule has 0 amide bonds. The normalized spacial score (nSPS) is 13.2. The molecule has 0 heterocycles. The Bertz CT molecular complexity index is 585. The molecule has 1 rings (SSSR count). The van der Waals surface area contributed by atoms with Crippen LogP contribution >= 0.6 is 0 Å². The van der Waals surface area contributed by atoms with Gasteiger partial charge in [-0.1, -0.05) is 31.0 Å². The van der Waals surface area contributed by atoms with E-state index in [1.165, 1.54) is 0 Å². The van der Waals surface area contributed by atoms with Gasteiger partial charge in [0.2, 0.25) is 10.0 Å². The van der Waals surface area contributed by atoms with E-state index in [1.807, 2.05) is 13.8 Å². The van der Waals surface area contributed by atoms with Gasteiger partial charge in [-0.2, -0.15) is 4.72 Å². The van der Waals surface area contributed by atoms with Crippen molar-refractivity contribution in [2.45, 2.75) is 51.5 Å². The lowest BCUT2D eigenvalue weighted by atomic mass is 10.1. The fourth-order valence-electron chi connectivity index (χ4n) is 2.36. The fraction of sp³-hybridized carbons (Fsp3) is 0.500. The van der Waals surface area contributed by atoms with Crippen LogP contribution < -0.4 is 4.72 Å². The van der Waals surface area contributed by atoms with Crippen molar-refractivity contribution >= 4 is 16.0 Å². The Balaban J connectivity index is 3.20. The number of hydrogen-bond acceptors (Lipinski definition) is 3. The number of rotatable bonds is 6. The Morgan fingerprint density at radius 1 is 1.25 bits per heavy atom. The summed E-state index contributed by atoms with van der Waals surface area (Å²) >= 11 is 0. The average Bonchev–Trinajstić information content (AvgIpc) is 2.25. The summed E-state index contributed by atoms with van der Waals surface area (Å²) in [4.78, 5) is 11.3. The van der Waals surface area contributed by atoms with E-state index >= 15 is 0 Å². The van der Waals surface area contributed by atoms with Crippen molar-refractivity contribution in [3.63, 3.8) is 0 Å². The minimum absolute atomic E-state index is 0.172. The molecule has 0 unspecified atom stereocenters. The van der Waals surface area contributed by atoms with Gasteiger partial charge in [-0.25, -0.2) is 8.42 Å². The Morgan fingerprint density at radius 2 is 1.75 bits per heavy atom. The second-order valence-corrected chi connectivity index (χ2v) is 6.68. The van der Waals surface area contributed by atoms with Crippen molar-refractivity contribution < 1.29 is 18.3 Å². The first-order valence-electron chi connectivity index (χ1n) is 6.52. The van der Waals surface area contributed by atoms with Crippen molar-refractivity contribution in [1.82, 2.24) is 4.72 Å². The predicted molar refractivity (Wildman–Crippen MR) is 77.3 cm³/mol. The molecular weight excluding hydrogens is 278 g/mol. The second-order valence-electron chi connectivity index (χ2n) is 5.03. The molecule has 0 saturated heterocycles. The SMILES string of the molecule is CCC[C@H](NS(=O)(=O)c1c(C)cc(C)cc1C)C(=O)O. The van der Waals surface area contributed by atoms with Gasteiger partial charge in [-0.15, -0.1) is 0 Å². The molecule has 5 nitrogen and oxygen atoms in total. The first-order valence-corrected chi connectivity index (χ1v) is 8.00. The van der Waals surface area contributed by atoms with Crippen LogP contribution in [0, 0.1) is 20.8 Å². The Kier molecular flexibility index (Phi) is 5.30. The number of nitrogens with one attached hydrogen (secondary N) is 1. The van der Waals surface area contributed by atoms with Crippen LogP contribution in [0.5, 0.6) is 0 Å². The van der Waals surface area contributed by atoms with Crippen molar-refractivity contribution in [2.75, 3.05) is 0 Å². The summed E-state index contributed by atoms with van der Waals surface area (Å²) in [5.74, 6) is -1.15. The second kappa shape index (κ2) is 6.37. The third kappa shape index (κ3) is 3.80. The molecule has 1 atom stereocenters. The van der Waals surface area contributed by atoms with Gasteiger partial charge in [0.25, 0.3) is 0 Å². The van der Waals surface area contributed by atoms with E-state index in [4.69, 9.17) is 5.11 Å². The molecule has 0 aliphatic heterocycles. The lowest BCUT2D eigenvalue weighted by Crippen LogP contribution is -2.41. The van der Waals surface area contributed by atoms with Crippen LogP contribution in [0.4, 0.5) is 0 Å². The molecule has 0 radical (unpaired) electrons. The monoisotopic (exact) mass is 299 g/mol. The van der Waals surface area contributed by atoms with Gasteiger partial charge in [-0.05, 0) is 38.3 Å². The van der Waals surface area contributed by atoms with Gasteiger partial charge >= 0.3 is 5.97 Å². The van der Waals surface area contributed by atoms with E-state index in [0.717, 1.165) is 5.56 Å². The fourth-order valence-corrected chi connectivity index (χ4v) is 4.04. The number of carboxylic acids is 1. The van der Waals surface area contributed by atoms with Gasteiger partial charge < -0.3 is 5.11 Å². The molecule has 2 N–H and O–H groups in total. The first kappa shape index (κ1) is 16.7. The molecule has 0 aromatic heterocycles. The van der Waals surface area contributed by atoms with E-state index in [2.05, 4.69) is 4.72 Å². The molecule has 0 aliphatic carbocycles. The average molecular weight is 299 g/mol. The zero-order valence-electron chi connectivity index (χ0n) is 12.2. The summed E-state index contributed by atoms with van der Waals surface area (Å²) in [6, 6.07) is 2.46. The van der Waals surface area contributed by atoms with E-state index in [-0.39, 0.29) is 11.3 Å². The highest BCUT2D eigenvalue weighted by Gasteiger charge is 2.27. The summed E-state index contributed by atoms with van der Waals surface area (Å²) in [5.41, 5.74) is 2.22. The number of carbonyl (C=O) groups is 1. The van der Waals surface area contributed by atoms with Crippen LogP contribution in [0.15, 0.2) is 17.0 Å². The van der Waals surface area contributed by atoms with E-state index in [0.29, 0.717) is 17.5 Å². The smallest absolute Gasteiger partial charge is 0.321 e. The zero-order chi connectivity index (χ0) is 15.5. The van der Waals surface area contributed by atoms with Crippen molar-refractivity contribution in [3.8, 4) is 0 Å². The third-order valence-corrected chi connectivity index (χ3v) is 4.82. The van der Waals surface area contributed by atoms with Gasteiger partial charge in [0.05, 0.1) is 4.90 Å². The van der Waals surface area contributed by atoms with Crippen molar-refractivity contribution in [1.29, 1.82) is 0 Å². The number of sulfonamides is 1. The van der Waals surface area contributed by atoms with Crippen molar-refractivity contribution in [3.05, 3.63) is 28.8 Å². The molecule has 112 valence electrons. The van der Waals surface area contributed by atoms with E-state index in [9.17, 15) is 13.2 Å². The number of hydrogen-bond donors (Lipinski definition) is 2. The molecule has 0 bridgehead atoms. The van der Waals surface area contributed by atoms with Gasteiger partial charge in [0.1, 0.15) is 6.04 Å². The predicted octanol–water partition coefficient (Wildman–Crippen LogP) is 2.14. The van der Waals surface area contributed by atoms with Gasteiger partial charge in [0.15, 0.2) is 0 Å². The molecular formula is C14H21NO4S. The third-order valence-electron chi connectivity index (χ3n) is 3.05. The topological polar surface area (TPSA) is 83.5 Å². The Labute approximate surface area is 120 Å². The Morgan fingerprint density at radius 3 is 2.15 bits per heavy atom. The highest BCUT2D eigenvalue weighted by molar-refractivity contribution is 7.89. The maximum atomic E-state index is 12.4. The highest BCUT2D eigenvalue weighted by atomic mass is 32.2. The molecule has 0 saturated carbocycles. The molecule has 20 heavy (non-hydrogen) atoms. The van der Waals surface area contributed by atoms with Crippen LogP contribution in [0.25, 0.3) is 0 Å².